The van der Waals surface area contributed by atoms with Crippen LogP contribution >= 0.6 is 0 Å². The van der Waals surface area contributed by atoms with Crippen LogP contribution in [0.4, 0.5) is 0 Å². The molecule has 140 valence electrons. The second-order valence-corrected chi connectivity index (χ2v) is 7.29. The van der Waals surface area contributed by atoms with E-state index < -0.39 is 6.04 Å². The molecule has 0 radical (unpaired) electrons. The van der Waals surface area contributed by atoms with Gasteiger partial charge in [-0.1, -0.05) is 26.0 Å². The molecule has 0 unspecified atom stereocenters. The molecular weight excluding hydrogens is 316 g/mol. The van der Waals surface area contributed by atoms with Gasteiger partial charge in [-0.3, -0.25) is 9.59 Å². The van der Waals surface area contributed by atoms with E-state index in [2.05, 4.69) is 5.32 Å². The Hall–Kier alpha value is -2.04. The monoisotopic (exact) mass is 348 g/mol. The van der Waals surface area contributed by atoms with Crippen molar-refractivity contribution in [3.63, 3.8) is 0 Å². The maximum Gasteiger partial charge on any atom is 0.243 e. The van der Waals surface area contributed by atoms with E-state index in [0.717, 1.165) is 17.7 Å². The molecular formula is C20H32N2O3. The Morgan fingerprint density at radius 3 is 2.44 bits per heavy atom. The molecule has 0 bridgehead atoms. The lowest BCUT2D eigenvalue weighted by Gasteiger charge is -2.33. The van der Waals surface area contributed by atoms with Gasteiger partial charge in [-0.05, 0) is 51.3 Å². The summed E-state index contributed by atoms with van der Waals surface area (Å²) in [6.07, 6.45) is 1.76. The van der Waals surface area contributed by atoms with Gasteiger partial charge in [0.15, 0.2) is 0 Å². The third-order valence-electron chi connectivity index (χ3n) is 3.84. The minimum Gasteiger partial charge on any atom is -0.497 e. The first-order valence-electron chi connectivity index (χ1n) is 8.96. The summed E-state index contributed by atoms with van der Waals surface area (Å²) in [7, 11) is 1.62. The quantitative estimate of drug-likeness (QED) is 0.782. The van der Waals surface area contributed by atoms with Crippen molar-refractivity contribution in [3.05, 3.63) is 29.8 Å². The summed E-state index contributed by atoms with van der Waals surface area (Å²) in [6, 6.07) is 7.13. The smallest absolute Gasteiger partial charge is 0.243 e. The maximum absolute atomic E-state index is 12.7. The predicted molar refractivity (Wildman–Crippen MR) is 100 cm³/mol. The van der Waals surface area contributed by atoms with Gasteiger partial charge in [0.05, 0.1) is 7.11 Å². The summed E-state index contributed by atoms with van der Waals surface area (Å²) < 4.78 is 5.26. The highest BCUT2D eigenvalue weighted by Crippen LogP contribution is 2.18. The molecule has 1 aromatic carbocycles. The van der Waals surface area contributed by atoms with Crippen molar-refractivity contribution in [2.45, 2.75) is 72.0 Å². The number of benzene rings is 1. The van der Waals surface area contributed by atoms with Crippen LogP contribution in [0.25, 0.3) is 0 Å². The van der Waals surface area contributed by atoms with Crippen LogP contribution in [0.5, 0.6) is 5.75 Å². The molecule has 0 aliphatic rings. The van der Waals surface area contributed by atoms with Crippen LogP contribution in [0.15, 0.2) is 24.3 Å². The largest absolute Gasteiger partial charge is 0.497 e. The Labute approximate surface area is 151 Å². The van der Waals surface area contributed by atoms with Crippen LogP contribution in [0.1, 0.15) is 59.4 Å². The number of amides is 2. The van der Waals surface area contributed by atoms with E-state index in [9.17, 15) is 9.59 Å². The Balaban J connectivity index is 3.08. The summed E-state index contributed by atoms with van der Waals surface area (Å²) in [5.74, 6) is 0.635. The van der Waals surface area contributed by atoms with Crippen molar-refractivity contribution in [1.82, 2.24) is 10.2 Å². The van der Waals surface area contributed by atoms with Gasteiger partial charge in [0, 0.05) is 18.5 Å². The van der Waals surface area contributed by atoms with Crippen LogP contribution in [-0.2, 0) is 16.1 Å². The van der Waals surface area contributed by atoms with E-state index in [0.29, 0.717) is 19.4 Å². The van der Waals surface area contributed by atoms with Crippen LogP contribution in [-0.4, -0.2) is 35.4 Å². The molecule has 1 aromatic rings. The highest BCUT2D eigenvalue weighted by molar-refractivity contribution is 5.88. The third kappa shape index (κ3) is 6.77. The molecule has 0 aliphatic carbocycles. The highest BCUT2D eigenvalue weighted by Gasteiger charge is 2.30. The Bertz CT molecular complexity index is 579. The fraction of sp³-hybridized carbons (Fsp3) is 0.600. The van der Waals surface area contributed by atoms with Crippen molar-refractivity contribution < 1.29 is 14.3 Å². The van der Waals surface area contributed by atoms with Crippen molar-refractivity contribution in [2.75, 3.05) is 7.11 Å². The maximum atomic E-state index is 12.7. The van der Waals surface area contributed by atoms with Gasteiger partial charge in [0.25, 0.3) is 0 Å². The van der Waals surface area contributed by atoms with Gasteiger partial charge in [-0.15, -0.1) is 0 Å². The lowest BCUT2D eigenvalue weighted by atomic mass is 10.0. The number of nitrogens with zero attached hydrogens (tertiary/aromatic N) is 1. The Morgan fingerprint density at radius 1 is 1.24 bits per heavy atom. The first-order chi connectivity index (χ1) is 11.7. The number of ether oxygens (including phenoxy) is 1. The average Bonchev–Trinajstić information content (AvgIpc) is 2.53. The van der Waals surface area contributed by atoms with E-state index in [1.165, 1.54) is 0 Å². The molecule has 0 saturated carbocycles. The average molecular weight is 348 g/mol. The topological polar surface area (TPSA) is 58.6 Å². The molecule has 25 heavy (non-hydrogen) atoms. The molecule has 0 aliphatic heterocycles. The van der Waals surface area contributed by atoms with Crippen molar-refractivity contribution in [2.24, 2.45) is 0 Å². The SMILES string of the molecule is CCCC(=O)N(Cc1cccc(OC)c1)[C@@H](CC)C(=O)NC(C)(C)C. The lowest BCUT2D eigenvalue weighted by Crippen LogP contribution is -2.53. The van der Waals surface area contributed by atoms with Crippen LogP contribution in [0, 0.1) is 0 Å². The molecule has 0 spiro atoms. The molecule has 5 heteroatoms. The number of hydrogen-bond donors (Lipinski definition) is 1. The number of carbonyl (C=O) groups excluding carboxylic acids is 2. The minimum absolute atomic E-state index is 0.00114. The molecule has 0 heterocycles. The zero-order valence-corrected chi connectivity index (χ0v) is 16.4. The van der Waals surface area contributed by atoms with Crippen LogP contribution in [0.3, 0.4) is 0 Å². The number of nitrogens with one attached hydrogen (secondary N) is 1. The van der Waals surface area contributed by atoms with E-state index >= 15 is 0 Å². The molecule has 1 N–H and O–H groups in total. The van der Waals surface area contributed by atoms with Crippen molar-refractivity contribution >= 4 is 11.8 Å². The molecule has 1 atom stereocenters. The van der Waals surface area contributed by atoms with Gasteiger partial charge in [0.1, 0.15) is 11.8 Å². The highest BCUT2D eigenvalue weighted by atomic mass is 16.5. The van der Waals surface area contributed by atoms with Crippen molar-refractivity contribution in [1.29, 1.82) is 0 Å². The van der Waals surface area contributed by atoms with Gasteiger partial charge >= 0.3 is 0 Å². The fourth-order valence-electron chi connectivity index (χ4n) is 2.70. The van der Waals surface area contributed by atoms with E-state index in [1.54, 1.807) is 12.0 Å². The summed E-state index contributed by atoms with van der Waals surface area (Å²) >= 11 is 0. The first-order valence-corrected chi connectivity index (χ1v) is 8.96. The fourth-order valence-corrected chi connectivity index (χ4v) is 2.70. The number of hydrogen-bond acceptors (Lipinski definition) is 3. The summed E-state index contributed by atoms with van der Waals surface area (Å²) in [5.41, 5.74) is 0.616. The summed E-state index contributed by atoms with van der Waals surface area (Å²) in [5, 5.41) is 3.00. The van der Waals surface area contributed by atoms with Gasteiger partial charge in [-0.25, -0.2) is 0 Å². The molecule has 2 amide bonds. The lowest BCUT2D eigenvalue weighted by molar-refractivity contribution is -0.142. The van der Waals surface area contributed by atoms with Gasteiger partial charge in [0.2, 0.25) is 11.8 Å². The number of methoxy groups -OCH3 is 1. The van der Waals surface area contributed by atoms with Gasteiger partial charge in [-0.2, -0.15) is 0 Å². The number of carbonyl (C=O) groups is 2. The first kappa shape index (κ1) is 21.0. The second-order valence-electron chi connectivity index (χ2n) is 7.29. The number of rotatable bonds is 8. The minimum atomic E-state index is -0.482. The zero-order chi connectivity index (χ0) is 19.0. The summed E-state index contributed by atoms with van der Waals surface area (Å²) in [4.78, 5) is 27.1. The van der Waals surface area contributed by atoms with Crippen LogP contribution in [0.2, 0.25) is 0 Å². The Morgan fingerprint density at radius 2 is 1.92 bits per heavy atom. The molecule has 0 aromatic heterocycles. The molecule has 5 nitrogen and oxygen atoms in total. The third-order valence-corrected chi connectivity index (χ3v) is 3.84. The molecule has 0 fully saturated rings. The van der Waals surface area contributed by atoms with E-state index in [1.807, 2.05) is 58.9 Å². The second kappa shape index (κ2) is 9.44. The van der Waals surface area contributed by atoms with Crippen molar-refractivity contribution in [3.8, 4) is 5.75 Å². The van der Waals surface area contributed by atoms with E-state index in [4.69, 9.17) is 4.74 Å². The van der Waals surface area contributed by atoms with Gasteiger partial charge < -0.3 is 15.0 Å². The Kier molecular flexibility index (Phi) is 7.94. The summed E-state index contributed by atoms with van der Waals surface area (Å²) in [6.45, 7) is 10.1. The zero-order valence-electron chi connectivity index (χ0n) is 16.4. The van der Waals surface area contributed by atoms with Crippen LogP contribution < -0.4 is 10.1 Å². The normalized spacial score (nSPS) is 12.4. The molecule has 0 saturated heterocycles. The standard InChI is InChI=1S/C20H32N2O3/c1-7-10-18(23)22(14-15-11-9-12-16(13-15)25-6)17(8-2)19(24)21-20(3,4)5/h9,11-13,17H,7-8,10,14H2,1-6H3,(H,21,24)/t17-/m0/s1. The van der Waals surface area contributed by atoms with E-state index in [-0.39, 0.29) is 17.4 Å². The predicted octanol–water partition coefficient (Wildman–Crippen LogP) is 3.52. The molecule has 1 rings (SSSR count).